The van der Waals surface area contributed by atoms with E-state index in [0.29, 0.717) is 24.0 Å². The van der Waals surface area contributed by atoms with Gasteiger partial charge in [-0.3, -0.25) is 4.79 Å². The number of rotatable bonds is 1. The van der Waals surface area contributed by atoms with Crippen molar-refractivity contribution in [2.24, 2.45) is 0 Å². The van der Waals surface area contributed by atoms with Crippen LogP contribution in [0.15, 0.2) is 36.4 Å². The summed E-state index contributed by atoms with van der Waals surface area (Å²) < 4.78 is 27.0. The molecule has 0 radical (unpaired) electrons. The molecule has 3 heteroatoms. The van der Waals surface area contributed by atoms with Crippen LogP contribution in [-0.4, -0.2) is 5.78 Å². The fourth-order valence-corrected chi connectivity index (χ4v) is 2.45. The van der Waals surface area contributed by atoms with Gasteiger partial charge in [0.25, 0.3) is 0 Å². The number of hydrogen-bond acceptors (Lipinski definition) is 1. The minimum atomic E-state index is -0.866. The number of hydrogen-bond donors (Lipinski definition) is 0. The number of carbonyl (C=O) groups excluding carboxylic acids is 1. The summed E-state index contributed by atoms with van der Waals surface area (Å²) in [6.07, 6.45) is 1.05. The van der Waals surface area contributed by atoms with E-state index in [0.717, 1.165) is 11.6 Å². The number of benzene rings is 2. The number of ketones is 1. The van der Waals surface area contributed by atoms with Crippen molar-refractivity contribution in [3.05, 3.63) is 59.2 Å². The average molecular weight is 244 g/mol. The second-order valence-corrected chi connectivity index (χ2v) is 4.36. The van der Waals surface area contributed by atoms with Crippen LogP contribution in [0.5, 0.6) is 0 Å². The molecule has 2 aromatic carbocycles. The third-order valence-corrected chi connectivity index (χ3v) is 3.32. The molecule has 18 heavy (non-hydrogen) atoms. The SMILES string of the molecule is O=C1CCc2c1cccc2-c1cccc(F)c1F. The highest BCUT2D eigenvalue weighted by Gasteiger charge is 2.23. The summed E-state index contributed by atoms with van der Waals surface area (Å²) in [5, 5.41) is 0. The van der Waals surface area contributed by atoms with Crippen molar-refractivity contribution < 1.29 is 13.6 Å². The van der Waals surface area contributed by atoms with E-state index in [4.69, 9.17) is 0 Å². The molecule has 0 heterocycles. The van der Waals surface area contributed by atoms with Crippen molar-refractivity contribution in [3.63, 3.8) is 0 Å². The lowest BCUT2D eigenvalue weighted by Crippen LogP contribution is -1.95. The number of Topliss-reactive ketones (excluding diaryl/α,β-unsaturated/α-hetero) is 1. The van der Waals surface area contributed by atoms with Gasteiger partial charge in [-0.1, -0.05) is 30.3 Å². The van der Waals surface area contributed by atoms with Crippen LogP contribution in [0.2, 0.25) is 0 Å². The Kier molecular flexibility index (Phi) is 2.47. The Labute approximate surface area is 103 Å². The zero-order valence-corrected chi connectivity index (χ0v) is 9.54. The maximum Gasteiger partial charge on any atom is 0.166 e. The highest BCUT2D eigenvalue weighted by atomic mass is 19.2. The van der Waals surface area contributed by atoms with Crippen LogP contribution < -0.4 is 0 Å². The van der Waals surface area contributed by atoms with Crippen LogP contribution in [-0.2, 0) is 6.42 Å². The molecule has 0 saturated heterocycles. The van der Waals surface area contributed by atoms with E-state index in [1.165, 1.54) is 12.1 Å². The maximum atomic E-state index is 13.8. The minimum Gasteiger partial charge on any atom is -0.294 e. The molecule has 0 saturated carbocycles. The molecule has 0 N–H and O–H groups in total. The molecule has 2 aromatic rings. The Morgan fingerprint density at radius 1 is 0.833 bits per heavy atom. The Bertz CT molecular complexity index is 647. The summed E-state index contributed by atoms with van der Waals surface area (Å²) in [6.45, 7) is 0. The molecule has 0 atom stereocenters. The Morgan fingerprint density at radius 2 is 1.50 bits per heavy atom. The molecule has 1 nitrogen and oxygen atoms in total. The number of carbonyl (C=O) groups is 1. The molecule has 0 spiro atoms. The lowest BCUT2D eigenvalue weighted by molar-refractivity contribution is 0.0994. The zero-order valence-electron chi connectivity index (χ0n) is 9.54. The summed E-state index contributed by atoms with van der Waals surface area (Å²) in [5.74, 6) is -1.65. The molecule has 90 valence electrons. The molecule has 1 aliphatic carbocycles. The summed E-state index contributed by atoms with van der Waals surface area (Å²) >= 11 is 0. The van der Waals surface area contributed by atoms with Gasteiger partial charge < -0.3 is 0 Å². The van der Waals surface area contributed by atoms with Crippen LogP contribution in [0.25, 0.3) is 11.1 Å². The van der Waals surface area contributed by atoms with E-state index in [-0.39, 0.29) is 11.3 Å². The smallest absolute Gasteiger partial charge is 0.166 e. The second kappa shape index (κ2) is 4.02. The first kappa shape index (κ1) is 11.1. The van der Waals surface area contributed by atoms with Gasteiger partial charge in [0.2, 0.25) is 0 Å². The van der Waals surface area contributed by atoms with Gasteiger partial charge in [-0.15, -0.1) is 0 Å². The normalized spacial score (nSPS) is 13.8. The van der Waals surface area contributed by atoms with E-state index in [1.807, 2.05) is 0 Å². The van der Waals surface area contributed by atoms with Gasteiger partial charge in [-0.2, -0.15) is 0 Å². The van der Waals surface area contributed by atoms with E-state index in [2.05, 4.69) is 0 Å². The van der Waals surface area contributed by atoms with E-state index < -0.39 is 11.6 Å². The minimum absolute atomic E-state index is 0.0728. The average Bonchev–Trinajstić information content (AvgIpc) is 2.75. The fraction of sp³-hybridized carbons (Fsp3) is 0.133. The molecule has 1 aliphatic rings. The van der Waals surface area contributed by atoms with Gasteiger partial charge in [0.05, 0.1) is 0 Å². The molecule has 0 aliphatic heterocycles. The second-order valence-electron chi connectivity index (χ2n) is 4.36. The van der Waals surface area contributed by atoms with Gasteiger partial charge in [0, 0.05) is 17.5 Å². The Morgan fingerprint density at radius 3 is 2.33 bits per heavy atom. The molecular weight excluding hydrogens is 234 g/mol. The standard InChI is InChI=1S/C15H10F2O/c16-13-6-2-5-12(15(13)17)9-3-1-4-11-10(9)7-8-14(11)18/h1-6H,7-8H2. The van der Waals surface area contributed by atoms with E-state index in [9.17, 15) is 13.6 Å². The van der Waals surface area contributed by atoms with Crippen LogP contribution in [0.3, 0.4) is 0 Å². The molecule has 0 fully saturated rings. The first-order chi connectivity index (χ1) is 8.68. The summed E-state index contributed by atoms with van der Waals surface area (Å²) in [7, 11) is 0. The first-order valence-electron chi connectivity index (χ1n) is 5.78. The molecule has 0 bridgehead atoms. The number of fused-ring (bicyclic) bond motifs is 1. The quantitative estimate of drug-likeness (QED) is 0.746. The number of halogens is 2. The van der Waals surface area contributed by atoms with Crippen molar-refractivity contribution in [3.8, 4) is 11.1 Å². The molecular formula is C15H10F2O. The van der Waals surface area contributed by atoms with Crippen molar-refractivity contribution in [2.75, 3.05) is 0 Å². The monoisotopic (exact) mass is 244 g/mol. The molecule has 3 rings (SSSR count). The highest BCUT2D eigenvalue weighted by molar-refractivity contribution is 6.02. The van der Waals surface area contributed by atoms with Crippen molar-refractivity contribution in [1.29, 1.82) is 0 Å². The summed E-state index contributed by atoms with van der Waals surface area (Å²) in [5.41, 5.74) is 2.31. The lowest BCUT2D eigenvalue weighted by atomic mass is 9.96. The molecule has 0 unspecified atom stereocenters. The van der Waals surface area contributed by atoms with Crippen molar-refractivity contribution in [1.82, 2.24) is 0 Å². The lowest BCUT2D eigenvalue weighted by Gasteiger charge is -2.09. The van der Waals surface area contributed by atoms with Crippen LogP contribution in [0.4, 0.5) is 8.78 Å². The van der Waals surface area contributed by atoms with Gasteiger partial charge >= 0.3 is 0 Å². The summed E-state index contributed by atoms with van der Waals surface area (Å²) in [4.78, 5) is 11.6. The Hall–Kier alpha value is -2.03. The van der Waals surface area contributed by atoms with Gasteiger partial charge in [-0.05, 0) is 23.6 Å². The third-order valence-electron chi connectivity index (χ3n) is 3.32. The largest absolute Gasteiger partial charge is 0.294 e. The molecule has 0 amide bonds. The van der Waals surface area contributed by atoms with E-state index >= 15 is 0 Å². The zero-order chi connectivity index (χ0) is 12.7. The molecule has 0 aromatic heterocycles. The van der Waals surface area contributed by atoms with Gasteiger partial charge in [0.15, 0.2) is 17.4 Å². The topological polar surface area (TPSA) is 17.1 Å². The highest BCUT2D eigenvalue weighted by Crippen LogP contribution is 2.34. The van der Waals surface area contributed by atoms with Gasteiger partial charge in [-0.25, -0.2) is 8.78 Å². The predicted molar refractivity (Wildman–Crippen MR) is 64.4 cm³/mol. The maximum absolute atomic E-state index is 13.8. The van der Waals surface area contributed by atoms with E-state index in [1.54, 1.807) is 18.2 Å². The Balaban J connectivity index is 2.25. The fourth-order valence-electron chi connectivity index (χ4n) is 2.45. The third kappa shape index (κ3) is 1.55. The first-order valence-corrected chi connectivity index (χ1v) is 5.78. The van der Waals surface area contributed by atoms with Gasteiger partial charge in [0.1, 0.15) is 0 Å². The summed E-state index contributed by atoms with van der Waals surface area (Å²) in [6, 6.07) is 9.29. The van der Waals surface area contributed by atoms with Crippen LogP contribution in [0, 0.1) is 11.6 Å². The van der Waals surface area contributed by atoms with Crippen LogP contribution in [0.1, 0.15) is 22.3 Å². The van der Waals surface area contributed by atoms with Crippen LogP contribution >= 0.6 is 0 Å². The van der Waals surface area contributed by atoms with Crippen molar-refractivity contribution in [2.45, 2.75) is 12.8 Å². The predicted octanol–water partition coefficient (Wildman–Crippen LogP) is 3.76. The van der Waals surface area contributed by atoms with Crippen molar-refractivity contribution >= 4 is 5.78 Å².